The van der Waals surface area contributed by atoms with Crippen molar-refractivity contribution in [3.63, 3.8) is 0 Å². The number of piperidine rings is 3. The Labute approximate surface area is 280 Å². The molecule has 3 aliphatic heterocycles. The molecule has 45 heavy (non-hydrogen) atoms. The zero-order valence-electron chi connectivity index (χ0n) is 31.3. The van der Waals surface area contributed by atoms with Crippen LogP contribution >= 0.6 is 0 Å². The van der Waals surface area contributed by atoms with Gasteiger partial charge in [-0.05, 0) is 104 Å². The highest BCUT2D eigenvalue weighted by atomic mass is 16.6. The summed E-state index contributed by atoms with van der Waals surface area (Å²) in [5.74, 6) is -2.46. The number of likely N-dealkylation sites (tertiary alicyclic amines) is 3. The smallest absolute Gasteiger partial charge is 0.310 e. The Bertz CT molecular complexity index is 1020. The highest BCUT2D eigenvalue weighted by Crippen LogP contribution is 2.41. The van der Waals surface area contributed by atoms with Gasteiger partial charge in [0.25, 0.3) is 0 Å². The lowest BCUT2D eigenvalue weighted by Gasteiger charge is -2.53. The number of hydrogen-bond donors (Lipinski definition) is 0. The molecule has 3 fully saturated rings. The van der Waals surface area contributed by atoms with Gasteiger partial charge in [-0.1, -0.05) is 0 Å². The molecule has 0 aromatic heterocycles. The van der Waals surface area contributed by atoms with E-state index >= 15 is 0 Å². The van der Waals surface area contributed by atoms with Crippen molar-refractivity contribution >= 4 is 17.9 Å². The molecule has 0 aromatic carbocycles. The third kappa shape index (κ3) is 8.81. The first kappa shape index (κ1) is 37.7. The summed E-state index contributed by atoms with van der Waals surface area (Å²) in [4.78, 5) is 47.7. The molecule has 0 saturated carbocycles. The molecule has 9 heteroatoms. The van der Waals surface area contributed by atoms with Gasteiger partial charge in [0, 0.05) is 77.5 Å². The van der Waals surface area contributed by atoms with Gasteiger partial charge in [0.1, 0.15) is 18.3 Å². The Hall–Kier alpha value is -1.71. The zero-order valence-corrected chi connectivity index (χ0v) is 31.3. The van der Waals surface area contributed by atoms with Crippen LogP contribution in [0.4, 0.5) is 0 Å². The van der Waals surface area contributed by atoms with Crippen LogP contribution in [0.1, 0.15) is 140 Å². The molecule has 9 nitrogen and oxygen atoms in total. The standard InChI is InChI=1S/C36H65N3O6.4H2/c1-31(2)18-25(19-32(3,4)37(31)13)43-28(40)16-24(30(42)45-27-22-35(9,10)39(15)36(11,12)23-27)17-29(41)44-26-20-33(5,6)38(14)34(7,8)21-26;;;;/h24-27H,16-23H2,1-15H3;4*1H. The molecule has 0 aliphatic carbocycles. The summed E-state index contributed by atoms with van der Waals surface area (Å²) in [6.07, 6.45) is 2.79. The van der Waals surface area contributed by atoms with Crippen molar-refractivity contribution in [2.24, 2.45) is 5.92 Å². The normalized spacial score (nSPS) is 27.2. The molecule has 0 radical (unpaired) electrons. The minimum Gasteiger partial charge on any atom is -0.462 e. The van der Waals surface area contributed by atoms with Crippen LogP contribution in [0.3, 0.4) is 0 Å². The zero-order chi connectivity index (χ0) is 34.6. The van der Waals surface area contributed by atoms with Crippen LogP contribution in [-0.4, -0.2) is 105 Å². The van der Waals surface area contributed by atoms with E-state index in [1.165, 1.54) is 0 Å². The Morgan fingerprint density at radius 1 is 0.511 bits per heavy atom. The van der Waals surface area contributed by atoms with Crippen molar-refractivity contribution in [3.8, 4) is 0 Å². The molecule has 3 heterocycles. The van der Waals surface area contributed by atoms with Gasteiger partial charge in [-0.3, -0.25) is 29.1 Å². The fraction of sp³-hybridized carbons (Fsp3) is 0.917. The fourth-order valence-corrected chi connectivity index (χ4v) is 8.46. The number of esters is 3. The second kappa shape index (κ2) is 12.7. The van der Waals surface area contributed by atoms with Crippen LogP contribution in [0.5, 0.6) is 0 Å². The maximum Gasteiger partial charge on any atom is 0.310 e. The first-order valence-corrected chi connectivity index (χ1v) is 17.0. The van der Waals surface area contributed by atoms with Gasteiger partial charge in [0.15, 0.2) is 0 Å². The Balaban J connectivity index is 0. The lowest BCUT2D eigenvalue weighted by Crippen LogP contribution is -2.60. The number of nitrogens with zero attached hydrogens (tertiary/aromatic N) is 3. The van der Waals surface area contributed by atoms with Crippen molar-refractivity contribution in [2.45, 2.75) is 186 Å². The number of carbonyl (C=O) groups excluding carboxylic acids is 3. The number of hydrogen-bond acceptors (Lipinski definition) is 9. The third-order valence-electron chi connectivity index (χ3n) is 11.8. The molecule has 3 saturated heterocycles. The fourth-order valence-electron chi connectivity index (χ4n) is 8.46. The Kier molecular flexibility index (Phi) is 10.7. The largest absolute Gasteiger partial charge is 0.462 e. The first-order valence-electron chi connectivity index (χ1n) is 17.0. The van der Waals surface area contributed by atoms with E-state index in [1.54, 1.807) is 0 Å². The van der Waals surface area contributed by atoms with E-state index in [1.807, 2.05) is 0 Å². The van der Waals surface area contributed by atoms with E-state index in [0.717, 1.165) is 0 Å². The van der Waals surface area contributed by atoms with E-state index in [-0.39, 0.29) is 70.1 Å². The summed E-state index contributed by atoms with van der Waals surface area (Å²) >= 11 is 0. The van der Waals surface area contributed by atoms with E-state index in [2.05, 4.69) is 119 Å². The quantitative estimate of drug-likeness (QED) is 0.206. The van der Waals surface area contributed by atoms with Crippen LogP contribution in [-0.2, 0) is 28.6 Å². The molecule has 0 amide bonds. The number of ether oxygens (including phenoxy) is 3. The second-order valence-corrected chi connectivity index (χ2v) is 18.2. The maximum atomic E-state index is 13.8. The predicted octanol–water partition coefficient (Wildman–Crippen LogP) is 6.95. The maximum absolute atomic E-state index is 13.8. The minimum atomic E-state index is -0.976. The van der Waals surface area contributed by atoms with Gasteiger partial charge in [-0.25, -0.2) is 0 Å². The van der Waals surface area contributed by atoms with Gasteiger partial charge in [0.05, 0.1) is 18.8 Å². The molecule has 3 aliphatic rings. The van der Waals surface area contributed by atoms with Crippen LogP contribution in [0.2, 0.25) is 0 Å². The van der Waals surface area contributed by atoms with E-state index in [0.29, 0.717) is 38.5 Å². The highest BCUT2D eigenvalue weighted by molar-refractivity contribution is 5.84. The molecule has 268 valence electrons. The van der Waals surface area contributed by atoms with E-state index in [4.69, 9.17) is 14.2 Å². The molecular weight excluding hydrogens is 570 g/mol. The number of rotatable bonds is 8. The summed E-state index contributed by atoms with van der Waals surface area (Å²) < 4.78 is 18.2. The number of carbonyl (C=O) groups is 3. The van der Waals surface area contributed by atoms with Crippen LogP contribution in [0.15, 0.2) is 0 Å². The van der Waals surface area contributed by atoms with Gasteiger partial charge >= 0.3 is 17.9 Å². The van der Waals surface area contributed by atoms with Crippen LogP contribution in [0.25, 0.3) is 0 Å². The van der Waals surface area contributed by atoms with Crippen molar-refractivity contribution < 1.29 is 34.3 Å². The molecule has 0 N–H and O–H groups in total. The molecule has 0 aromatic rings. The average Bonchev–Trinajstić information content (AvgIpc) is 2.82. The van der Waals surface area contributed by atoms with Gasteiger partial charge in [-0.15, -0.1) is 0 Å². The molecule has 0 bridgehead atoms. The van der Waals surface area contributed by atoms with Gasteiger partial charge in [-0.2, -0.15) is 0 Å². The Morgan fingerprint density at radius 2 is 0.733 bits per heavy atom. The lowest BCUT2D eigenvalue weighted by atomic mass is 9.78. The van der Waals surface area contributed by atoms with Crippen LogP contribution < -0.4 is 0 Å². The highest BCUT2D eigenvalue weighted by Gasteiger charge is 2.48. The summed E-state index contributed by atoms with van der Waals surface area (Å²) in [5, 5.41) is 0. The van der Waals surface area contributed by atoms with E-state index < -0.39 is 23.8 Å². The molecular formula is C36H73N3O6. The monoisotopic (exact) mass is 644 g/mol. The van der Waals surface area contributed by atoms with Crippen molar-refractivity contribution in [3.05, 3.63) is 0 Å². The summed E-state index contributed by atoms with van der Waals surface area (Å²) in [5.41, 5.74) is -0.976. The molecule has 3 rings (SSSR count). The first-order chi connectivity index (χ1) is 20.2. The molecule has 0 unspecified atom stereocenters. The predicted molar refractivity (Wildman–Crippen MR) is 186 cm³/mol. The van der Waals surface area contributed by atoms with Crippen molar-refractivity contribution in [1.29, 1.82) is 0 Å². The lowest BCUT2D eigenvalue weighted by molar-refractivity contribution is -0.174. The average molecular weight is 644 g/mol. The SMILES string of the molecule is CN1C(C)(C)CC(OC(=O)CC(CC(=O)OC2CC(C)(C)N(C)C(C)(C)C2)C(=O)OC2CC(C)(C)N(C)C(C)(C)C2)CC1(C)C.[HH].[HH].[HH].[HH]. The Morgan fingerprint density at radius 3 is 0.978 bits per heavy atom. The molecule has 0 spiro atoms. The van der Waals surface area contributed by atoms with Crippen LogP contribution in [0, 0.1) is 5.92 Å². The minimum absolute atomic E-state index is 0. The van der Waals surface area contributed by atoms with Crippen molar-refractivity contribution in [2.75, 3.05) is 21.1 Å². The van der Waals surface area contributed by atoms with E-state index in [9.17, 15) is 14.4 Å². The second-order valence-electron chi connectivity index (χ2n) is 18.2. The van der Waals surface area contributed by atoms with Gasteiger partial charge < -0.3 is 14.2 Å². The third-order valence-corrected chi connectivity index (χ3v) is 11.8. The van der Waals surface area contributed by atoms with Crippen molar-refractivity contribution in [1.82, 2.24) is 14.7 Å². The summed E-state index contributed by atoms with van der Waals surface area (Å²) in [7, 11) is 6.31. The molecule has 0 atom stereocenters. The summed E-state index contributed by atoms with van der Waals surface area (Å²) in [6.45, 7) is 25.8. The summed E-state index contributed by atoms with van der Waals surface area (Å²) in [6, 6.07) is 0. The van der Waals surface area contributed by atoms with Gasteiger partial charge in [0.2, 0.25) is 0 Å². The topological polar surface area (TPSA) is 88.6 Å².